The van der Waals surface area contributed by atoms with Crippen molar-refractivity contribution in [1.82, 2.24) is 19.5 Å². The van der Waals surface area contributed by atoms with E-state index in [1.165, 1.54) is 0 Å². The van der Waals surface area contributed by atoms with Crippen LogP contribution in [-0.2, 0) is 11.3 Å². The molecule has 0 radical (unpaired) electrons. The molecule has 1 N–H and O–H groups in total. The van der Waals surface area contributed by atoms with E-state index >= 15 is 0 Å². The number of rotatable bonds is 4. The van der Waals surface area contributed by atoms with Crippen LogP contribution in [0, 0.1) is 6.92 Å². The SMILES string of the molecule is Cc1nc2ccc(NC(=O)c3cccc(CN4CCOCC4)c3)cn2n1. The van der Waals surface area contributed by atoms with Gasteiger partial charge in [0.25, 0.3) is 5.91 Å². The number of hydrogen-bond donors (Lipinski definition) is 1. The van der Waals surface area contributed by atoms with Gasteiger partial charge in [-0.3, -0.25) is 9.69 Å². The smallest absolute Gasteiger partial charge is 0.255 e. The van der Waals surface area contributed by atoms with E-state index in [1.54, 1.807) is 10.7 Å². The molecule has 4 rings (SSSR count). The topological polar surface area (TPSA) is 71.8 Å². The maximum absolute atomic E-state index is 12.6. The summed E-state index contributed by atoms with van der Waals surface area (Å²) in [6, 6.07) is 11.4. The van der Waals surface area contributed by atoms with Crippen LogP contribution in [0.4, 0.5) is 5.69 Å². The predicted molar refractivity (Wildman–Crippen MR) is 98.2 cm³/mol. The number of ether oxygens (including phenoxy) is 1. The van der Waals surface area contributed by atoms with Crippen LogP contribution in [0.15, 0.2) is 42.6 Å². The number of benzene rings is 1. The average Bonchev–Trinajstić information content (AvgIpc) is 3.02. The van der Waals surface area contributed by atoms with E-state index < -0.39 is 0 Å². The van der Waals surface area contributed by atoms with Gasteiger partial charge in [0.15, 0.2) is 5.65 Å². The third kappa shape index (κ3) is 3.74. The number of aryl methyl sites for hydroxylation is 1. The van der Waals surface area contributed by atoms with Crippen molar-refractivity contribution in [1.29, 1.82) is 0 Å². The second-order valence-electron chi connectivity index (χ2n) is 6.42. The first-order chi connectivity index (χ1) is 12.7. The van der Waals surface area contributed by atoms with Gasteiger partial charge >= 0.3 is 0 Å². The zero-order valence-corrected chi connectivity index (χ0v) is 14.7. The maximum Gasteiger partial charge on any atom is 0.255 e. The Labute approximate surface area is 151 Å². The van der Waals surface area contributed by atoms with Gasteiger partial charge in [-0.05, 0) is 36.8 Å². The Morgan fingerprint density at radius 1 is 1.23 bits per heavy atom. The van der Waals surface area contributed by atoms with E-state index in [1.807, 2.05) is 37.3 Å². The third-order valence-corrected chi connectivity index (χ3v) is 4.39. The monoisotopic (exact) mass is 351 g/mol. The number of nitrogens with zero attached hydrogens (tertiary/aromatic N) is 4. The van der Waals surface area contributed by atoms with Crippen LogP contribution >= 0.6 is 0 Å². The number of aromatic nitrogens is 3. The quantitative estimate of drug-likeness (QED) is 0.780. The third-order valence-electron chi connectivity index (χ3n) is 4.39. The maximum atomic E-state index is 12.6. The van der Waals surface area contributed by atoms with Gasteiger partial charge in [0.2, 0.25) is 0 Å². The Morgan fingerprint density at radius 2 is 2.08 bits per heavy atom. The highest BCUT2D eigenvalue weighted by Gasteiger charge is 2.13. The van der Waals surface area contributed by atoms with Gasteiger partial charge in [0, 0.05) is 25.2 Å². The number of carbonyl (C=O) groups excluding carboxylic acids is 1. The average molecular weight is 351 g/mol. The number of anilines is 1. The lowest BCUT2D eigenvalue weighted by molar-refractivity contribution is 0.0342. The molecule has 26 heavy (non-hydrogen) atoms. The van der Waals surface area contributed by atoms with E-state index in [9.17, 15) is 4.79 Å². The lowest BCUT2D eigenvalue weighted by atomic mass is 10.1. The fourth-order valence-electron chi connectivity index (χ4n) is 3.10. The van der Waals surface area contributed by atoms with E-state index in [0.717, 1.165) is 44.1 Å². The minimum absolute atomic E-state index is 0.134. The lowest BCUT2D eigenvalue weighted by Gasteiger charge is -2.26. The molecular weight excluding hydrogens is 330 g/mol. The van der Waals surface area contributed by atoms with E-state index in [2.05, 4.69) is 26.4 Å². The molecule has 2 aromatic heterocycles. The molecule has 1 aliphatic rings. The summed E-state index contributed by atoms with van der Waals surface area (Å²) in [7, 11) is 0. The summed E-state index contributed by atoms with van der Waals surface area (Å²) in [4.78, 5) is 19.2. The molecule has 0 saturated carbocycles. The molecule has 0 unspecified atom stereocenters. The van der Waals surface area contributed by atoms with Crippen LogP contribution in [0.5, 0.6) is 0 Å². The highest BCUT2D eigenvalue weighted by Crippen LogP contribution is 2.14. The van der Waals surface area contributed by atoms with Crippen molar-refractivity contribution in [3.63, 3.8) is 0 Å². The molecule has 0 bridgehead atoms. The number of morpholine rings is 1. The van der Waals surface area contributed by atoms with Gasteiger partial charge in [0.1, 0.15) is 5.82 Å². The Kier molecular flexibility index (Phi) is 4.64. The molecular formula is C19H21N5O2. The second kappa shape index (κ2) is 7.23. The first kappa shape index (κ1) is 16.7. The minimum atomic E-state index is -0.134. The molecule has 134 valence electrons. The fraction of sp³-hybridized carbons (Fsp3) is 0.316. The van der Waals surface area contributed by atoms with Crippen LogP contribution in [-0.4, -0.2) is 51.7 Å². The first-order valence-corrected chi connectivity index (χ1v) is 8.71. The Hall–Kier alpha value is -2.77. The molecule has 3 heterocycles. The Morgan fingerprint density at radius 3 is 2.92 bits per heavy atom. The van der Waals surface area contributed by atoms with Crippen molar-refractivity contribution in [2.75, 3.05) is 31.6 Å². The van der Waals surface area contributed by atoms with E-state index in [0.29, 0.717) is 17.1 Å². The zero-order valence-electron chi connectivity index (χ0n) is 14.7. The van der Waals surface area contributed by atoms with Crippen molar-refractivity contribution in [2.45, 2.75) is 13.5 Å². The van der Waals surface area contributed by atoms with Crippen molar-refractivity contribution in [2.24, 2.45) is 0 Å². The van der Waals surface area contributed by atoms with Crippen LogP contribution in [0.3, 0.4) is 0 Å². The number of amides is 1. The van der Waals surface area contributed by atoms with Crippen LogP contribution in [0.2, 0.25) is 0 Å². The van der Waals surface area contributed by atoms with Crippen LogP contribution < -0.4 is 5.32 Å². The summed E-state index contributed by atoms with van der Waals surface area (Å²) < 4.78 is 7.05. The van der Waals surface area contributed by atoms with Crippen molar-refractivity contribution in [3.8, 4) is 0 Å². The number of nitrogens with one attached hydrogen (secondary N) is 1. The molecule has 1 fully saturated rings. The highest BCUT2D eigenvalue weighted by molar-refractivity contribution is 6.04. The molecule has 7 nitrogen and oxygen atoms in total. The molecule has 1 aliphatic heterocycles. The summed E-state index contributed by atoms with van der Waals surface area (Å²) in [6.45, 7) is 6.05. The fourth-order valence-corrected chi connectivity index (χ4v) is 3.10. The summed E-state index contributed by atoms with van der Waals surface area (Å²) in [6.07, 6.45) is 1.77. The summed E-state index contributed by atoms with van der Waals surface area (Å²) in [5, 5.41) is 7.20. The van der Waals surface area contributed by atoms with Crippen molar-refractivity contribution < 1.29 is 9.53 Å². The van der Waals surface area contributed by atoms with Crippen molar-refractivity contribution in [3.05, 3.63) is 59.5 Å². The highest BCUT2D eigenvalue weighted by atomic mass is 16.5. The summed E-state index contributed by atoms with van der Waals surface area (Å²) in [5.41, 5.74) is 3.21. The number of carbonyl (C=O) groups is 1. The second-order valence-corrected chi connectivity index (χ2v) is 6.42. The minimum Gasteiger partial charge on any atom is -0.379 e. The number of hydrogen-bond acceptors (Lipinski definition) is 5. The predicted octanol–water partition coefficient (Wildman–Crippen LogP) is 2.12. The Balaban J connectivity index is 1.47. The van der Waals surface area contributed by atoms with Gasteiger partial charge in [0.05, 0.1) is 25.1 Å². The lowest BCUT2D eigenvalue weighted by Crippen LogP contribution is -2.35. The molecule has 1 saturated heterocycles. The Bertz CT molecular complexity index is 931. The summed E-state index contributed by atoms with van der Waals surface area (Å²) in [5.74, 6) is 0.564. The van der Waals surface area contributed by atoms with E-state index in [4.69, 9.17) is 4.74 Å². The van der Waals surface area contributed by atoms with Gasteiger partial charge in [-0.1, -0.05) is 12.1 Å². The van der Waals surface area contributed by atoms with Crippen molar-refractivity contribution >= 4 is 17.2 Å². The normalized spacial score (nSPS) is 15.3. The molecule has 0 atom stereocenters. The van der Waals surface area contributed by atoms with Gasteiger partial charge in [-0.15, -0.1) is 0 Å². The van der Waals surface area contributed by atoms with Gasteiger partial charge in [-0.2, -0.15) is 5.10 Å². The molecule has 3 aromatic rings. The number of fused-ring (bicyclic) bond motifs is 1. The molecule has 7 heteroatoms. The molecule has 0 spiro atoms. The molecule has 1 amide bonds. The van der Waals surface area contributed by atoms with Crippen LogP contribution in [0.1, 0.15) is 21.7 Å². The first-order valence-electron chi connectivity index (χ1n) is 8.71. The largest absolute Gasteiger partial charge is 0.379 e. The van der Waals surface area contributed by atoms with Gasteiger partial charge in [-0.25, -0.2) is 9.50 Å². The number of pyridine rings is 1. The zero-order chi connectivity index (χ0) is 17.9. The van der Waals surface area contributed by atoms with Crippen LogP contribution in [0.25, 0.3) is 5.65 Å². The van der Waals surface area contributed by atoms with E-state index in [-0.39, 0.29) is 5.91 Å². The summed E-state index contributed by atoms with van der Waals surface area (Å²) >= 11 is 0. The molecule has 0 aliphatic carbocycles. The molecule has 1 aromatic carbocycles. The van der Waals surface area contributed by atoms with Gasteiger partial charge < -0.3 is 10.1 Å². The standard InChI is InChI=1S/C19H21N5O2/c1-14-20-18-6-5-17(13-24(18)22-14)21-19(25)16-4-2-3-15(11-16)12-23-7-9-26-10-8-23/h2-6,11,13H,7-10,12H2,1H3,(H,21,25).